The van der Waals surface area contributed by atoms with E-state index in [4.69, 9.17) is 11.6 Å². The number of carbonyl (C=O) groups is 1. The molecule has 0 aliphatic rings. The van der Waals surface area contributed by atoms with E-state index in [0.29, 0.717) is 33.9 Å². The first-order valence-electron chi connectivity index (χ1n) is 9.07. The molecule has 1 N–H and O–H groups in total. The predicted octanol–water partition coefficient (Wildman–Crippen LogP) is 3.92. The van der Waals surface area contributed by atoms with Gasteiger partial charge in [0.15, 0.2) is 10.9 Å². The molecule has 0 saturated carbocycles. The Kier molecular flexibility index (Phi) is 7.39. The van der Waals surface area contributed by atoms with Crippen LogP contribution in [-0.2, 0) is 5.75 Å². The number of nitrogens with one attached hydrogen (secondary N) is 1. The van der Waals surface area contributed by atoms with Crippen LogP contribution in [0.3, 0.4) is 0 Å². The van der Waals surface area contributed by atoms with Gasteiger partial charge < -0.3 is 5.32 Å². The van der Waals surface area contributed by atoms with Crippen LogP contribution < -0.4 is 5.32 Å². The highest BCUT2D eigenvalue weighted by Gasteiger charge is 2.21. The Morgan fingerprint density at radius 2 is 1.93 bits per heavy atom. The smallest absolute Gasteiger partial charge is 0.273 e. The standard InChI is InChI=1S/C19H21ClN6OS/c1-2-3-4-10-21-18(27)17-16(13-28-19-22-11-5-12-23-19)26(25-24-17)15-8-6-14(20)7-9-15/h5-9,11-12H,2-4,10,13H2,1H3,(H,21,27). The molecule has 7 nitrogen and oxygen atoms in total. The minimum Gasteiger partial charge on any atom is -0.351 e. The predicted molar refractivity (Wildman–Crippen MR) is 110 cm³/mol. The molecule has 0 fully saturated rings. The van der Waals surface area contributed by atoms with Crippen molar-refractivity contribution in [3.63, 3.8) is 0 Å². The Morgan fingerprint density at radius 3 is 2.64 bits per heavy atom. The number of aromatic nitrogens is 5. The number of hydrogen-bond acceptors (Lipinski definition) is 6. The normalized spacial score (nSPS) is 10.8. The minimum absolute atomic E-state index is 0.221. The van der Waals surface area contributed by atoms with Gasteiger partial charge in [0.25, 0.3) is 5.91 Å². The highest BCUT2D eigenvalue weighted by Crippen LogP contribution is 2.23. The molecule has 3 aromatic rings. The van der Waals surface area contributed by atoms with Crippen LogP contribution in [0.15, 0.2) is 47.9 Å². The molecule has 0 unspecified atom stereocenters. The van der Waals surface area contributed by atoms with Gasteiger partial charge in [0.05, 0.1) is 11.4 Å². The monoisotopic (exact) mass is 416 g/mol. The number of unbranched alkanes of at least 4 members (excludes halogenated alkanes) is 2. The molecule has 0 aliphatic carbocycles. The third-order valence-electron chi connectivity index (χ3n) is 4.00. The average molecular weight is 417 g/mol. The van der Waals surface area contributed by atoms with Crippen LogP contribution >= 0.6 is 23.4 Å². The molecule has 9 heteroatoms. The summed E-state index contributed by atoms with van der Waals surface area (Å²) in [6, 6.07) is 9.00. The summed E-state index contributed by atoms with van der Waals surface area (Å²) in [5.74, 6) is 0.234. The maximum Gasteiger partial charge on any atom is 0.273 e. The van der Waals surface area contributed by atoms with Crippen molar-refractivity contribution in [3.8, 4) is 5.69 Å². The van der Waals surface area contributed by atoms with E-state index < -0.39 is 0 Å². The van der Waals surface area contributed by atoms with Crippen molar-refractivity contribution < 1.29 is 4.79 Å². The van der Waals surface area contributed by atoms with E-state index in [-0.39, 0.29) is 5.91 Å². The lowest BCUT2D eigenvalue weighted by Crippen LogP contribution is -2.26. The second-order valence-corrected chi connectivity index (χ2v) is 7.43. The van der Waals surface area contributed by atoms with Gasteiger partial charge in [-0.1, -0.05) is 48.3 Å². The number of benzene rings is 1. The van der Waals surface area contributed by atoms with Crippen molar-refractivity contribution >= 4 is 29.3 Å². The van der Waals surface area contributed by atoms with E-state index in [1.807, 2.05) is 12.1 Å². The molecule has 1 amide bonds. The fraction of sp³-hybridized carbons (Fsp3) is 0.316. The molecule has 28 heavy (non-hydrogen) atoms. The molecule has 2 heterocycles. The van der Waals surface area contributed by atoms with Gasteiger partial charge in [-0.3, -0.25) is 4.79 Å². The van der Waals surface area contributed by atoms with Gasteiger partial charge in [-0.05, 0) is 36.8 Å². The molecule has 146 valence electrons. The lowest BCUT2D eigenvalue weighted by molar-refractivity contribution is 0.0947. The van der Waals surface area contributed by atoms with Gasteiger partial charge in [-0.15, -0.1) is 5.10 Å². The van der Waals surface area contributed by atoms with Crippen molar-refractivity contribution in [2.45, 2.75) is 37.1 Å². The number of amides is 1. The zero-order chi connectivity index (χ0) is 19.8. The maximum atomic E-state index is 12.7. The van der Waals surface area contributed by atoms with Gasteiger partial charge in [0, 0.05) is 29.7 Å². The zero-order valence-electron chi connectivity index (χ0n) is 15.5. The molecule has 0 spiro atoms. The van der Waals surface area contributed by atoms with Crippen LogP contribution in [0.1, 0.15) is 42.4 Å². The molecule has 2 aromatic heterocycles. The third-order valence-corrected chi connectivity index (χ3v) is 5.13. The van der Waals surface area contributed by atoms with E-state index in [0.717, 1.165) is 24.9 Å². The SMILES string of the molecule is CCCCCNC(=O)c1nnn(-c2ccc(Cl)cc2)c1CSc1ncccn1. The fourth-order valence-corrected chi connectivity index (χ4v) is 3.47. The Morgan fingerprint density at radius 1 is 1.18 bits per heavy atom. The number of rotatable bonds is 9. The Bertz CT molecular complexity index is 901. The molecule has 0 atom stereocenters. The first-order chi connectivity index (χ1) is 13.7. The Labute approximate surface area is 172 Å². The van der Waals surface area contributed by atoms with Gasteiger partial charge in [0.2, 0.25) is 0 Å². The van der Waals surface area contributed by atoms with E-state index in [1.54, 1.807) is 35.3 Å². The molecule has 1 aromatic carbocycles. The number of halogens is 1. The molecule has 0 bridgehead atoms. The quantitative estimate of drug-likeness (QED) is 0.323. The summed E-state index contributed by atoms with van der Waals surface area (Å²) in [7, 11) is 0. The summed E-state index contributed by atoms with van der Waals surface area (Å²) >= 11 is 7.41. The summed E-state index contributed by atoms with van der Waals surface area (Å²) in [5.41, 5.74) is 1.79. The lowest BCUT2D eigenvalue weighted by atomic mass is 10.2. The average Bonchev–Trinajstić information content (AvgIpc) is 3.15. The van der Waals surface area contributed by atoms with Crippen LogP contribution in [0.25, 0.3) is 5.69 Å². The lowest BCUT2D eigenvalue weighted by Gasteiger charge is -2.08. The van der Waals surface area contributed by atoms with E-state index >= 15 is 0 Å². The fourth-order valence-electron chi connectivity index (χ4n) is 2.55. The van der Waals surface area contributed by atoms with Crippen LogP contribution in [0.4, 0.5) is 0 Å². The summed E-state index contributed by atoms with van der Waals surface area (Å²) < 4.78 is 1.66. The number of carbonyl (C=O) groups excluding carboxylic acids is 1. The van der Waals surface area contributed by atoms with Crippen molar-refractivity contribution in [2.24, 2.45) is 0 Å². The van der Waals surface area contributed by atoms with Crippen molar-refractivity contribution in [1.82, 2.24) is 30.3 Å². The van der Waals surface area contributed by atoms with Crippen LogP contribution in [0, 0.1) is 0 Å². The summed E-state index contributed by atoms with van der Waals surface area (Å²) in [6.45, 7) is 2.75. The molecular weight excluding hydrogens is 396 g/mol. The molecular formula is C19H21ClN6OS. The molecule has 3 rings (SSSR count). The van der Waals surface area contributed by atoms with Gasteiger partial charge in [-0.2, -0.15) is 0 Å². The number of thioether (sulfide) groups is 1. The van der Waals surface area contributed by atoms with Crippen molar-refractivity contribution in [3.05, 3.63) is 59.1 Å². The van der Waals surface area contributed by atoms with Crippen LogP contribution in [-0.4, -0.2) is 37.4 Å². The van der Waals surface area contributed by atoms with Gasteiger partial charge in [0.1, 0.15) is 0 Å². The minimum atomic E-state index is -0.221. The first kappa shape index (κ1) is 20.3. The number of nitrogens with zero attached hydrogens (tertiary/aromatic N) is 5. The van der Waals surface area contributed by atoms with Crippen molar-refractivity contribution in [1.29, 1.82) is 0 Å². The molecule has 0 radical (unpaired) electrons. The largest absolute Gasteiger partial charge is 0.351 e. The van der Waals surface area contributed by atoms with E-state index in [1.165, 1.54) is 11.8 Å². The van der Waals surface area contributed by atoms with E-state index in [9.17, 15) is 4.79 Å². The van der Waals surface area contributed by atoms with Crippen LogP contribution in [0.5, 0.6) is 0 Å². The summed E-state index contributed by atoms with van der Waals surface area (Å²) in [4.78, 5) is 21.1. The van der Waals surface area contributed by atoms with Gasteiger partial charge in [-0.25, -0.2) is 14.6 Å². The zero-order valence-corrected chi connectivity index (χ0v) is 17.1. The number of hydrogen-bond donors (Lipinski definition) is 1. The first-order valence-corrected chi connectivity index (χ1v) is 10.4. The Hall–Kier alpha value is -2.45. The topological polar surface area (TPSA) is 85.6 Å². The second-order valence-electron chi connectivity index (χ2n) is 6.06. The summed E-state index contributed by atoms with van der Waals surface area (Å²) in [5, 5.41) is 12.5. The van der Waals surface area contributed by atoms with Crippen LogP contribution in [0.2, 0.25) is 5.02 Å². The van der Waals surface area contributed by atoms with E-state index in [2.05, 4.69) is 32.5 Å². The maximum absolute atomic E-state index is 12.7. The highest BCUT2D eigenvalue weighted by atomic mass is 35.5. The van der Waals surface area contributed by atoms with Gasteiger partial charge >= 0.3 is 0 Å². The molecule has 0 aliphatic heterocycles. The third kappa shape index (κ3) is 5.30. The van der Waals surface area contributed by atoms with Crippen molar-refractivity contribution in [2.75, 3.05) is 6.54 Å². The Balaban J connectivity index is 1.84. The highest BCUT2D eigenvalue weighted by molar-refractivity contribution is 7.98. The molecule has 0 saturated heterocycles. The summed E-state index contributed by atoms with van der Waals surface area (Å²) in [6.07, 6.45) is 6.49. The second kappa shape index (κ2) is 10.2.